The Balaban J connectivity index is 2.27. The first-order chi connectivity index (χ1) is 7.65. The third-order valence-electron chi connectivity index (χ3n) is 2.75. The Morgan fingerprint density at radius 3 is 2.62 bits per heavy atom. The van der Waals surface area contributed by atoms with E-state index < -0.39 is 0 Å². The zero-order chi connectivity index (χ0) is 12.0. The molecule has 1 aromatic heterocycles. The van der Waals surface area contributed by atoms with Crippen LogP contribution in [0.1, 0.15) is 31.0 Å². The van der Waals surface area contributed by atoms with Crippen molar-refractivity contribution in [3.05, 3.63) is 16.1 Å². The summed E-state index contributed by atoms with van der Waals surface area (Å²) in [4.78, 5) is 6.69. The average molecular weight is 242 g/mol. The molecule has 0 aromatic carbocycles. The highest BCUT2D eigenvalue weighted by atomic mass is 32.1. The van der Waals surface area contributed by atoms with Gasteiger partial charge in [-0.15, -0.1) is 11.3 Å². The normalized spacial score (nSPS) is 13.3. The first kappa shape index (κ1) is 13.6. The number of rotatable bonds is 7. The number of aromatic nitrogens is 1. The second-order valence-electron chi connectivity index (χ2n) is 4.06. The van der Waals surface area contributed by atoms with Gasteiger partial charge in [-0.25, -0.2) is 4.98 Å². The van der Waals surface area contributed by atoms with Crippen molar-refractivity contribution in [1.29, 1.82) is 0 Å². The molecule has 0 saturated heterocycles. The minimum absolute atomic E-state index is 0.258. The number of aryl methyl sites for hydroxylation is 1. The second-order valence-corrected chi connectivity index (χ2v) is 5.00. The minimum atomic E-state index is -0.258. The first-order valence-corrected chi connectivity index (χ1v) is 6.85. The Morgan fingerprint density at radius 2 is 2.12 bits per heavy atom. The van der Waals surface area contributed by atoms with Crippen LogP contribution in [0.15, 0.2) is 5.38 Å². The first-order valence-electron chi connectivity index (χ1n) is 5.97. The third-order valence-corrected chi connectivity index (χ3v) is 3.74. The summed E-state index contributed by atoms with van der Waals surface area (Å²) in [5.41, 5.74) is 1.05. The predicted octanol–water partition coefficient (Wildman–Crippen LogP) is 2.09. The third kappa shape index (κ3) is 4.60. The van der Waals surface area contributed by atoms with Crippen LogP contribution in [0.5, 0.6) is 0 Å². The van der Waals surface area contributed by atoms with Crippen LogP contribution in [0, 0.1) is 6.92 Å². The van der Waals surface area contributed by atoms with E-state index in [0.29, 0.717) is 6.42 Å². The standard InChI is InChI=1S/C12H22N2OS/c1-4-14(5-2)7-6-11(15)8-12-13-10(3)9-16-12/h9,11,15H,4-8H2,1-3H3. The highest BCUT2D eigenvalue weighted by molar-refractivity contribution is 7.09. The fraction of sp³-hybridized carbons (Fsp3) is 0.750. The van der Waals surface area contributed by atoms with E-state index in [-0.39, 0.29) is 6.10 Å². The number of thiazole rings is 1. The number of aliphatic hydroxyl groups excluding tert-OH is 1. The second kappa shape index (κ2) is 6.99. The molecule has 1 heterocycles. The van der Waals surface area contributed by atoms with Crippen molar-refractivity contribution >= 4 is 11.3 Å². The monoisotopic (exact) mass is 242 g/mol. The molecule has 3 nitrogen and oxygen atoms in total. The maximum atomic E-state index is 9.89. The van der Waals surface area contributed by atoms with Crippen LogP contribution in [-0.2, 0) is 6.42 Å². The van der Waals surface area contributed by atoms with Crippen LogP contribution in [0.2, 0.25) is 0 Å². The molecule has 92 valence electrons. The molecule has 1 atom stereocenters. The quantitative estimate of drug-likeness (QED) is 0.795. The summed E-state index contributed by atoms with van der Waals surface area (Å²) in [5.74, 6) is 0. The Kier molecular flexibility index (Phi) is 5.95. The van der Waals surface area contributed by atoms with E-state index >= 15 is 0 Å². The summed E-state index contributed by atoms with van der Waals surface area (Å²) in [6.07, 6.45) is 1.27. The number of hydrogen-bond acceptors (Lipinski definition) is 4. The van der Waals surface area contributed by atoms with Crippen molar-refractivity contribution in [3.8, 4) is 0 Å². The van der Waals surface area contributed by atoms with Crippen LogP contribution < -0.4 is 0 Å². The van der Waals surface area contributed by atoms with Gasteiger partial charge >= 0.3 is 0 Å². The lowest BCUT2D eigenvalue weighted by molar-refractivity contribution is 0.143. The molecular formula is C12H22N2OS. The van der Waals surface area contributed by atoms with Crippen molar-refractivity contribution in [1.82, 2.24) is 9.88 Å². The van der Waals surface area contributed by atoms with Gasteiger partial charge in [-0.05, 0) is 26.4 Å². The molecule has 1 aromatic rings. The van der Waals surface area contributed by atoms with Gasteiger partial charge in [0.1, 0.15) is 0 Å². The SMILES string of the molecule is CCN(CC)CCC(O)Cc1nc(C)cs1. The van der Waals surface area contributed by atoms with Gasteiger partial charge in [-0.2, -0.15) is 0 Å². The number of aliphatic hydroxyl groups is 1. The molecule has 0 saturated carbocycles. The average Bonchev–Trinajstić information content (AvgIpc) is 2.65. The maximum absolute atomic E-state index is 9.89. The van der Waals surface area contributed by atoms with Gasteiger partial charge in [-0.3, -0.25) is 0 Å². The molecule has 0 amide bonds. The van der Waals surface area contributed by atoms with Crippen molar-refractivity contribution in [3.63, 3.8) is 0 Å². The van der Waals surface area contributed by atoms with Gasteiger partial charge < -0.3 is 10.0 Å². The summed E-state index contributed by atoms with van der Waals surface area (Å²) in [6, 6.07) is 0. The Labute approximate surface area is 102 Å². The molecule has 0 bridgehead atoms. The highest BCUT2D eigenvalue weighted by Crippen LogP contribution is 2.12. The lowest BCUT2D eigenvalue weighted by atomic mass is 10.2. The van der Waals surface area contributed by atoms with Crippen LogP contribution in [0.4, 0.5) is 0 Å². The van der Waals surface area contributed by atoms with E-state index in [2.05, 4.69) is 23.7 Å². The van der Waals surface area contributed by atoms with E-state index in [4.69, 9.17) is 0 Å². The van der Waals surface area contributed by atoms with Gasteiger partial charge in [-0.1, -0.05) is 13.8 Å². The maximum Gasteiger partial charge on any atom is 0.0953 e. The van der Waals surface area contributed by atoms with E-state index in [1.807, 2.05) is 12.3 Å². The van der Waals surface area contributed by atoms with E-state index in [1.165, 1.54) is 0 Å². The zero-order valence-electron chi connectivity index (χ0n) is 10.4. The number of hydrogen-bond donors (Lipinski definition) is 1. The van der Waals surface area contributed by atoms with Crippen LogP contribution in [-0.4, -0.2) is 40.7 Å². The summed E-state index contributed by atoms with van der Waals surface area (Å²) < 4.78 is 0. The van der Waals surface area contributed by atoms with Gasteiger partial charge in [0.2, 0.25) is 0 Å². The molecule has 0 aliphatic heterocycles. The fourth-order valence-corrected chi connectivity index (χ4v) is 2.52. The van der Waals surface area contributed by atoms with E-state index in [9.17, 15) is 5.11 Å². The molecule has 1 N–H and O–H groups in total. The Hall–Kier alpha value is -0.450. The lowest BCUT2D eigenvalue weighted by Gasteiger charge is -2.19. The molecule has 0 fully saturated rings. The van der Waals surface area contributed by atoms with Crippen molar-refractivity contribution in [2.24, 2.45) is 0 Å². The van der Waals surface area contributed by atoms with Crippen LogP contribution >= 0.6 is 11.3 Å². The minimum Gasteiger partial charge on any atom is -0.393 e. The van der Waals surface area contributed by atoms with E-state index in [0.717, 1.165) is 36.8 Å². The van der Waals surface area contributed by atoms with Gasteiger partial charge in [0.25, 0.3) is 0 Å². The van der Waals surface area contributed by atoms with Crippen LogP contribution in [0.25, 0.3) is 0 Å². The van der Waals surface area contributed by atoms with Crippen molar-refractivity contribution < 1.29 is 5.11 Å². The topological polar surface area (TPSA) is 36.4 Å². The summed E-state index contributed by atoms with van der Waals surface area (Å²) in [6.45, 7) is 9.38. The molecule has 1 unspecified atom stereocenters. The molecule has 16 heavy (non-hydrogen) atoms. The zero-order valence-corrected chi connectivity index (χ0v) is 11.3. The Bertz CT molecular complexity index is 297. The van der Waals surface area contributed by atoms with Gasteiger partial charge in [0.15, 0.2) is 0 Å². The molecular weight excluding hydrogens is 220 g/mol. The fourth-order valence-electron chi connectivity index (χ4n) is 1.67. The van der Waals surface area contributed by atoms with Crippen LogP contribution in [0.3, 0.4) is 0 Å². The summed E-state index contributed by atoms with van der Waals surface area (Å²) in [5, 5.41) is 13.0. The highest BCUT2D eigenvalue weighted by Gasteiger charge is 2.09. The van der Waals surface area contributed by atoms with Crippen molar-refractivity contribution in [2.45, 2.75) is 39.7 Å². The smallest absolute Gasteiger partial charge is 0.0953 e. The van der Waals surface area contributed by atoms with Crippen molar-refractivity contribution in [2.75, 3.05) is 19.6 Å². The molecule has 0 radical (unpaired) electrons. The molecule has 1 rings (SSSR count). The summed E-state index contributed by atoms with van der Waals surface area (Å²) >= 11 is 1.64. The lowest BCUT2D eigenvalue weighted by Crippen LogP contribution is -2.27. The number of nitrogens with zero attached hydrogens (tertiary/aromatic N) is 2. The molecule has 0 spiro atoms. The molecule has 4 heteroatoms. The predicted molar refractivity (Wildman–Crippen MR) is 69.0 cm³/mol. The molecule has 0 aliphatic carbocycles. The van der Waals surface area contributed by atoms with E-state index in [1.54, 1.807) is 11.3 Å². The molecule has 0 aliphatic rings. The summed E-state index contributed by atoms with van der Waals surface area (Å²) in [7, 11) is 0. The largest absolute Gasteiger partial charge is 0.393 e. The van der Waals surface area contributed by atoms with Gasteiger partial charge in [0, 0.05) is 24.0 Å². The van der Waals surface area contributed by atoms with Gasteiger partial charge in [0.05, 0.1) is 11.1 Å². The Morgan fingerprint density at radius 1 is 1.44 bits per heavy atom.